The van der Waals surface area contributed by atoms with E-state index >= 15 is 0 Å². The van der Waals surface area contributed by atoms with Crippen LogP contribution < -0.4 is 4.90 Å². The molecule has 0 saturated carbocycles. The lowest BCUT2D eigenvalue weighted by Crippen LogP contribution is -2.36. The highest BCUT2D eigenvalue weighted by Crippen LogP contribution is 2.31. The molecular weight excluding hydrogens is 404 g/mol. The Hall–Kier alpha value is -4.26. The molecule has 1 N–H and O–H groups in total. The Morgan fingerprint density at radius 3 is 2.53 bits per heavy atom. The number of hydrogen-bond acceptors (Lipinski definition) is 4. The monoisotopic (exact) mass is 424 g/mol. The molecule has 32 heavy (non-hydrogen) atoms. The molecule has 1 aliphatic rings. The number of amides is 1. The topological polar surface area (TPSA) is 91.6 Å². The van der Waals surface area contributed by atoms with Gasteiger partial charge in [-0.25, -0.2) is 0 Å². The van der Waals surface area contributed by atoms with Gasteiger partial charge in [0, 0.05) is 47.9 Å². The SMILES string of the molecule is CN1C(=O)C(Cc2cc3ccccc3[nH]2)N=C(c2ccccc2)c2cc([N+](=O)[O-])ccc21. The summed E-state index contributed by atoms with van der Waals surface area (Å²) in [7, 11) is 1.69. The van der Waals surface area contributed by atoms with Gasteiger partial charge in [0.2, 0.25) is 0 Å². The minimum atomic E-state index is -0.672. The first-order chi connectivity index (χ1) is 15.5. The molecule has 2 heterocycles. The molecular formula is C25H20N4O3. The number of hydrogen-bond donors (Lipinski definition) is 1. The van der Waals surface area contributed by atoms with Gasteiger partial charge in [0.15, 0.2) is 0 Å². The van der Waals surface area contributed by atoms with Crippen LogP contribution in [0.2, 0.25) is 0 Å². The summed E-state index contributed by atoms with van der Waals surface area (Å²) in [6.45, 7) is 0. The number of benzodiazepines with no additional fused rings is 1. The molecule has 1 amide bonds. The molecule has 0 spiro atoms. The smallest absolute Gasteiger partial charge is 0.270 e. The molecule has 7 nitrogen and oxygen atoms in total. The Kier molecular flexibility index (Phi) is 4.78. The van der Waals surface area contributed by atoms with Gasteiger partial charge in [0.1, 0.15) is 6.04 Å². The number of nitrogens with one attached hydrogen (secondary N) is 1. The summed E-state index contributed by atoms with van der Waals surface area (Å²) in [5.74, 6) is -0.162. The molecule has 0 fully saturated rings. The molecule has 0 radical (unpaired) electrons. The number of carbonyl (C=O) groups is 1. The predicted molar refractivity (Wildman–Crippen MR) is 124 cm³/mol. The molecule has 0 saturated heterocycles. The second kappa shape index (κ2) is 7.77. The highest BCUT2D eigenvalue weighted by atomic mass is 16.6. The van der Waals surface area contributed by atoms with Crippen molar-refractivity contribution >= 4 is 33.9 Å². The first-order valence-electron chi connectivity index (χ1n) is 10.3. The minimum absolute atomic E-state index is 0.0395. The van der Waals surface area contributed by atoms with Crippen molar-refractivity contribution in [2.24, 2.45) is 4.99 Å². The third kappa shape index (κ3) is 3.43. The van der Waals surface area contributed by atoms with Crippen LogP contribution in [-0.4, -0.2) is 34.6 Å². The summed E-state index contributed by atoms with van der Waals surface area (Å²) in [5, 5.41) is 12.5. The van der Waals surface area contributed by atoms with E-state index < -0.39 is 11.0 Å². The summed E-state index contributed by atoms with van der Waals surface area (Å²) < 4.78 is 0. The molecule has 1 aromatic heterocycles. The number of benzene rings is 3. The highest BCUT2D eigenvalue weighted by molar-refractivity contribution is 6.20. The van der Waals surface area contributed by atoms with Crippen LogP contribution in [0.1, 0.15) is 16.8 Å². The van der Waals surface area contributed by atoms with Crippen molar-refractivity contribution in [2.45, 2.75) is 12.5 Å². The van der Waals surface area contributed by atoms with Crippen molar-refractivity contribution in [3.05, 3.63) is 106 Å². The van der Waals surface area contributed by atoms with Crippen molar-refractivity contribution in [3.8, 4) is 0 Å². The van der Waals surface area contributed by atoms with Crippen LogP contribution in [0.5, 0.6) is 0 Å². The summed E-state index contributed by atoms with van der Waals surface area (Å²) in [4.78, 5) is 34.2. The third-order valence-corrected chi connectivity index (χ3v) is 5.75. The van der Waals surface area contributed by atoms with Crippen LogP contribution in [0.15, 0.2) is 83.9 Å². The summed E-state index contributed by atoms with van der Waals surface area (Å²) in [6.07, 6.45) is 0.393. The highest BCUT2D eigenvalue weighted by Gasteiger charge is 2.31. The van der Waals surface area contributed by atoms with Gasteiger partial charge in [-0.3, -0.25) is 19.9 Å². The van der Waals surface area contributed by atoms with Crippen LogP contribution in [-0.2, 0) is 11.2 Å². The molecule has 5 rings (SSSR count). The molecule has 158 valence electrons. The number of nitrogens with zero attached hydrogens (tertiary/aromatic N) is 3. The van der Waals surface area contributed by atoms with Gasteiger partial charge in [-0.15, -0.1) is 0 Å². The Bertz CT molecular complexity index is 1340. The average molecular weight is 424 g/mol. The average Bonchev–Trinajstić information content (AvgIpc) is 3.19. The van der Waals surface area contributed by atoms with Crippen LogP contribution in [0.4, 0.5) is 11.4 Å². The number of non-ortho nitro benzene ring substituents is 1. The predicted octanol–water partition coefficient (Wildman–Crippen LogP) is 4.50. The molecule has 1 aliphatic heterocycles. The van der Waals surface area contributed by atoms with Crippen molar-refractivity contribution in [1.29, 1.82) is 0 Å². The van der Waals surface area contributed by atoms with E-state index in [-0.39, 0.29) is 11.6 Å². The number of likely N-dealkylation sites (N-methyl/N-ethyl adjacent to an activating group) is 1. The van der Waals surface area contributed by atoms with Gasteiger partial charge in [0.05, 0.1) is 16.3 Å². The number of fused-ring (bicyclic) bond motifs is 2. The Morgan fingerprint density at radius 2 is 1.78 bits per heavy atom. The van der Waals surface area contributed by atoms with E-state index in [4.69, 9.17) is 4.99 Å². The second-order valence-electron chi connectivity index (χ2n) is 7.80. The normalized spacial score (nSPS) is 15.9. The van der Waals surface area contributed by atoms with Crippen LogP contribution in [0, 0.1) is 10.1 Å². The van der Waals surface area contributed by atoms with Crippen molar-refractivity contribution in [2.75, 3.05) is 11.9 Å². The molecule has 1 unspecified atom stereocenters. The minimum Gasteiger partial charge on any atom is -0.358 e. The van der Waals surface area contributed by atoms with E-state index in [1.807, 2.05) is 60.7 Å². The lowest BCUT2D eigenvalue weighted by molar-refractivity contribution is -0.384. The number of rotatable bonds is 4. The maximum atomic E-state index is 13.4. The van der Waals surface area contributed by atoms with E-state index in [0.717, 1.165) is 22.2 Å². The fourth-order valence-corrected chi connectivity index (χ4v) is 4.15. The maximum Gasteiger partial charge on any atom is 0.270 e. The molecule has 4 aromatic rings. The molecule has 3 aromatic carbocycles. The number of nitro benzene ring substituents is 1. The van der Waals surface area contributed by atoms with Crippen molar-refractivity contribution < 1.29 is 9.72 Å². The van der Waals surface area contributed by atoms with Gasteiger partial charge in [-0.1, -0.05) is 48.5 Å². The first-order valence-corrected chi connectivity index (χ1v) is 10.3. The lowest BCUT2D eigenvalue weighted by Gasteiger charge is -2.20. The number of anilines is 1. The van der Waals surface area contributed by atoms with Gasteiger partial charge in [-0.05, 0) is 23.6 Å². The van der Waals surface area contributed by atoms with E-state index in [2.05, 4.69) is 4.98 Å². The summed E-state index contributed by atoms with van der Waals surface area (Å²) >= 11 is 0. The van der Waals surface area contributed by atoms with Crippen LogP contribution in [0.3, 0.4) is 0 Å². The van der Waals surface area contributed by atoms with E-state index in [9.17, 15) is 14.9 Å². The maximum absolute atomic E-state index is 13.4. The molecule has 0 aliphatic carbocycles. The van der Waals surface area contributed by atoms with Gasteiger partial charge in [-0.2, -0.15) is 0 Å². The fraction of sp³-hybridized carbons (Fsp3) is 0.120. The van der Waals surface area contributed by atoms with Gasteiger partial charge >= 0.3 is 0 Å². The molecule has 0 bridgehead atoms. The largest absolute Gasteiger partial charge is 0.358 e. The lowest BCUT2D eigenvalue weighted by atomic mass is 9.99. The third-order valence-electron chi connectivity index (χ3n) is 5.75. The zero-order valence-electron chi connectivity index (χ0n) is 17.4. The summed E-state index contributed by atoms with van der Waals surface area (Å²) in [6, 6.07) is 23.3. The number of aliphatic imine (C=N–C) groups is 1. The number of aromatic amines is 1. The number of aromatic nitrogens is 1. The van der Waals surface area contributed by atoms with E-state index in [1.54, 1.807) is 18.0 Å². The molecule has 7 heteroatoms. The Labute approximate surface area is 184 Å². The number of carbonyl (C=O) groups excluding carboxylic acids is 1. The standard InChI is InChI=1S/C25H20N4O3/c1-28-23-12-11-19(29(31)32)15-20(23)24(16-7-3-2-4-8-16)27-22(25(28)30)14-18-13-17-9-5-6-10-21(17)26-18/h2-13,15,22,26H,14H2,1H3. The summed E-state index contributed by atoms with van der Waals surface area (Å²) in [5.41, 5.74) is 4.42. The number of nitro groups is 1. The zero-order chi connectivity index (χ0) is 22.2. The Morgan fingerprint density at radius 1 is 1.03 bits per heavy atom. The fourth-order valence-electron chi connectivity index (χ4n) is 4.15. The zero-order valence-corrected chi connectivity index (χ0v) is 17.4. The second-order valence-corrected chi connectivity index (χ2v) is 7.80. The van der Waals surface area contributed by atoms with Crippen LogP contribution >= 0.6 is 0 Å². The van der Waals surface area contributed by atoms with Crippen molar-refractivity contribution in [3.63, 3.8) is 0 Å². The van der Waals surface area contributed by atoms with Gasteiger partial charge in [0.25, 0.3) is 11.6 Å². The van der Waals surface area contributed by atoms with E-state index in [1.165, 1.54) is 12.1 Å². The molecule has 1 atom stereocenters. The van der Waals surface area contributed by atoms with E-state index in [0.29, 0.717) is 23.4 Å². The number of para-hydroxylation sites is 1. The van der Waals surface area contributed by atoms with Crippen molar-refractivity contribution in [1.82, 2.24) is 4.98 Å². The number of H-pyrrole nitrogens is 1. The Balaban J connectivity index is 1.65. The van der Waals surface area contributed by atoms with Gasteiger partial charge < -0.3 is 9.88 Å². The van der Waals surface area contributed by atoms with Crippen LogP contribution in [0.25, 0.3) is 10.9 Å². The first kappa shape index (κ1) is 19.7. The quantitative estimate of drug-likeness (QED) is 0.386.